The van der Waals surface area contributed by atoms with E-state index in [-0.39, 0.29) is 17.5 Å². The molecule has 0 saturated carbocycles. The SMILES string of the molecule is Cn1cnc2cc(-c3ccc(C(C)(C)O)nc3)nc(N[C@H]3CCC(=O)NC3)c2c1=O. The van der Waals surface area contributed by atoms with Crippen molar-refractivity contribution in [3.8, 4) is 11.3 Å². The third kappa shape index (κ3) is 3.88. The summed E-state index contributed by atoms with van der Waals surface area (Å²) in [5, 5.41) is 16.7. The molecular weight excluding hydrogens is 384 g/mol. The highest BCUT2D eigenvalue weighted by Gasteiger charge is 2.22. The molecule has 1 fully saturated rings. The lowest BCUT2D eigenvalue weighted by atomic mass is 10.0. The topological polar surface area (TPSA) is 122 Å². The molecule has 3 aromatic rings. The fourth-order valence-corrected chi connectivity index (χ4v) is 3.43. The summed E-state index contributed by atoms with van der Waals surface area (Å²) >= 11 is 0. The van der Waals surface area contributed by atoms with Crippen LogP contribution < -0.4 is 16.2 Å². The van der Waals surface area contributed by atoms with Gasteiger partial charge in [0.25, 0.3) is 5.56 Å². The highest BCUT2D eigenvalue weighted by Crippen LogP contribution is 2.27. The monoisotopic (exact) mass is 408 g/mol. The predicted molar refractivity (Wildman–Crippen MR) is 113 cm³/mol. The van der Waals surface area contributed by atoms with Gasteiger partial charge in [-0.3, -0.25) is 14.6 Å². The number of nitrogens with zero attached hydrogens (tertiary/aromatic N) is 4. The molecule has 0 bridgehead atoms. The first-order chi connectivity index (χ1) is 14.2. The quantitative estimate of drug-likeness (QED) is 0.595. The third-order valence-corrected chi connectivity index (χ3v) is 5.20. The molecule has 30 heavy (non-hydrogen) atoms. The Morgan fingerprint density at radius 2 is 2.07 bits per heavy atom. The van der Waals surface area contributed by atoms with Crippen molar-refractivity contribution in [3.63, 3.8) is 0 Å². The zero-order valence-corrected chi connectivity index (χ0v) is 17.1. The molecule has 1 amide bonds. The molecule has 4 rings (SSSR count). The van der Waals surface area contributed by atoms with Crippen molar-refractivity contribution in [3.05, 3.63) is 46.8 Å². The molecular formula is C21H24N6O3. The van der Waals surface area contributed by atoms with E-state index in [0.29, 0.717) is 47.5 Å². The van der Waals surface area contributed by atoms with Crippen molar-refractivity contribution in [2.24, 2.45) is 7.05 Å². The number of aromatic nitrogens is 4. The largest absolute Gasteiger partial charge is 0.384 e. The lowest BCUT2D eigenvalue weighted by molar-refractivity contribution is -0.122. The van der Waals surface area contributed by atoms with Crippen molar-refractivity contribution in [1.82, 2.24) is 24.8 Å². The molecule has 9 heteroatoms. The second-order valence-electron chi connectivity index (χ2n) is 8.09. The fourth-order valence-electron chi connectivity index (χ4n) is 3.43. The average molecular weight is 408 g/mol. The average Bonchev–Trinajstić information content (AvgIpc) is 2.71. The molecule has 0 aromatic carbocycles. The maximum Gasteiger partial charge on any atom is 0.264 e. The van der Waals surface area contributed by atoms with Gasteiger partial charge in [-0.2, -0.15) is 0 Å². The van der Waals surface area contributed by atoms with Crippen molar-refractivity contribution in [2.45, 2.75) is 38.3 Å². The minimum Gasteiger partial charge on any atom is -0.384 e. The first kappa shape index (κ1) is 20.0. The molecule has 1 aliphatic heterocycles. The lowest BCUT2D eigenvalue weighted by Gasteiger charge is -2.24. The number of anilines is 1. The van der Waals surface area contributed by atoms with Gasteiger partial charge in [0.05, 0.1) is 23.2 Å². The van der Waals surface area contributed by atoms with E-state index in [1.807, 2.05) is 6.07 Å². The Balaban J connectivity index is 1.79. The third-order valence-electron chi connectivity index (χ3n) is 5.20. The molecule has 0 radical (unpaired) electrons. The Bertz CT molecular complexity index is 1150. The van der Waals surface area contributed by atoms with Gasteiger partial charge in [0.2, 0.25) is 5.91 Å². The fraction of sp³-hybridized carbons (Fsp3) is 0.381. The summed E-state index contributed by atoms with van der Waals surface area (Å²) in [4.78, 5) is 37.7. The van der Waals surface area contributed by atoms with E-state index in [9.17, 15) is 14.7 Å². The van der Waals surface area contributed by atoms with Crippen LogP contribution in [0.15, 0.2) is 35.5 Å². The summed E-state index contributed by atoms with van der Waals surface area (Å²) in [5.74, 6) is 0.457. The number of hydrogen-bond donors (Lipinski definition) is 3. The van der Waals surface area contributed by atoms with Crippen molar-refractivity contribution in [2.75, 3.05) is 11.9 Å². The summed E-state index contributed by atoms with van der Waals surface area (Å²) in [6.07, 6.45) is 4.21. The van der Waals surface area contributed by atoms with Crippen LogP contribution in [0.5, 0.6) is 0 Å². The van der Waals surface area contributed by atoms with E-state index in [1.54, 1.807) is 39.2 Å². The number of carbonyl (C=O) groups is 1. The van der Waals surface area contributed by atoms with Gasteiger partial charge >= 0.3 is 0 Å². The van der Waals surface area contributed by atoms with Gasteiger partial charge in [-0.1, -0.05) is 0 Å². The van der Waals surface area contributed by atoms with E-state index in [2.05, 4.69) is 20.6 Å². The minimum atomic E-state index is -1.04. The smallest absolute Gasteiger partial charge is 0.264 e. The first-order valence-corrected chi connectivity index (χ1v) is 9.81. The molecule has 3 aromatic heterocycles. The maximum absolute atomic E-state index is 12.8. The molecule has 9 nitrogen and oxygen atoms in total. The number of hydrogen-bond acceptors (Lipinski definition) is 7. The summed E-state index contributed by atoms with van der Waals surface area (Å²) in [6.45, 7) is 3.82. The van der Waals surface area contributed by atoms with Gasteiger partial charge in [-0.05, 0) is 38.5 Å². The normalized spacial score (nSPS) is 17.1. The van der Waals surface area contributed by atoms with Crippen molar-refractivity contribution >= 4 is 22.6 Å². The standard InChI is InChI=1S/C21H24N6O3/c1-21(2,30)16-6-4-12(9-22-16)14-8-15-18(20(29)27(3)11-24-15)19(26-14)25-13-5-7-17(28)23-10-13/h4,6,8-9,11,13,30H,5,7,10H2,1-3H3,(H,23,28)(H,25,26)/t13-/m0/s1. The molecule has 1 aliphatic rings. The Morgan fingerprint density at radius 1 is 1.27 bits per heavy atom. The van der Waals surface area contributed by atoms with Gasteiger partial charge in [-0.15, -0.1) is 0 Å². The Labute approximate surface area is 173 Å². The van der Waals surface area contributed by atoms with Crippen LogP contribution in [-0.4, -0.2) is 43.1 Å². The number of fused-ring (bicyclic) bond motifs is 1. The van der Waals surface area contributed by atoms with Gasteiger partial charge in [0, 0.05) is 37.8 Å². The maximum atomic E-state index is 12.8. The number of amides is 1. The van der Waals surface area contributed by atoms with Crippen LogP contribution in [0, 0.1) is 0 Å². The number of piperidine rings is 1. The van der Waals surface area contributed by atoms with Gasteiger partial charge in [0.15, 0.2) is 0 Å². The summed E-state index contributed by atoms with van der Waals surface area (Å²) in [5.41, 5.74) is 1.19. The number of pyridine rings is 2. The van der Waals surface area contributed by atoms with E-state index in [1.165, 1.54) is 10.9 Å². The zero-order chi connectivity index (χ0) is 21.5. The Kier molecular flexibility index (Phi) is 4.98. The van der Waals surface area contributed by atoms with Crippen LogP contribution in [0.2, 0.25) is 0 Å². The van der Waals surface area contributed by atoms with Crippen LogP contribution in [0.1, 0.15) is 32.4 Å². The minimum absolute atomic E-state index is 0.0233. The lowest BCUT2D eigenvalue weighted by Crippen LogP contribution is -2.42. The van der Waals surface area contributed by atoms with E-state index in [0.717, 1.165) is 5.56 Å². The molecule has 1 saturated heterocycles. The first-order valence-electron chi connectivity index (χ1n) is 9.81. The van der Waals surface area contributed by atoms with Crippen LogP contribution >= 0.6 is 0 Å². The number of aryl methyl sites for hydroxylation is 1. The second kappa shape index (κ2) is 7.49. The number of carbonyl (C=O) groups excluding carboxylic acids is 1. The molecule has 0 unspecified atom stereocenters. The number of nitrogens with one attached hydrogen (secondary N) is 2. The van der Waals surface area contributed by atoms with Gasteiger partial charge < -0.3 is 20.3 Å². The zero-order valence-electron chi connectivity index (χ0n) is 17.1. The molecule has 0 aliphatic carbocycles. The second-order valence-corrected chi connectivity index (χ2v) is 8.09. The molecule has 4 heterocycles. The van der Waals surface area contributed by atoms with Crippen LogP contribution in [0.4, 0.5) is 5.82 Å². The number of aliphatic hydroxyl groups is 1. The van der Waals surface area contributed by atoms with E-state index in [4.69, 9.17) is 4.98 Å². The van der Waals surface area contributed by atoms with Crippen LogP contribution in [-0.2, 0) is 17.4 Å². The molecule has 0 spiro atoms. The molecule has 1 atom stereocenters. The van der Waals surface area contributed by atoms with E-state index >= 15 is 0 Å². The Morgan fingerprint density at radius 3 is 2.70 bits per heavy atom. The van der Waals surface area contributed by atoms with Crippen molar-refractivity contribution < 1.29 is 9.90 Å². The summed E-state index contributed by atoms with van der Waals surface area (Å²) in [6, 6.07) is 5.31. The Hall–Kier alpha value is -3.33. The van der Waals surface area contributed by atoms with E-state index < -0.39 is 5.60 Å². The van der Waals surface area contributed by atoms with Crippen LogP contribution in [0.25, 0.3) is 22.2 Å². The van der Waals surface area contributed by atoms with Crippen LogP contribution in [0.3, 0.4) is 0 Å². The molecule has 156 valence electrons. The summed E-state index contributed by atoms with van der Waals surface area (Å²) < 4.78 is 1.41. The highest BCUT2D eigenvalue weighted by atomic mass is 16.3. The van der Waals surface area contributed by atoms with Crippen molar-refractivity contribution in [1.29, 1.82) is 0 Å². The predicted octanol–water partition coefficient (Wildman–Crippen LogP) is 1.31. The van der Waals surface area contributed by atoms with Gasteiger partial charge in [-0.25, -0.2) is 9.97 Å². The summed E-state index contributed by atoms with van der Waals surface area (Å²) in [7, 11) is 1.65. The molecule has 3 N–H and O–H groups in total. The highest BCUT2D eigenvalue weighted by molar-refractivity contribution is 5.91. The van der Waals surface area contributed by atoms with Gasteiger partial charge in [0.1, 0.15) is 16.8 Å². The number of rotatable bonds is 4.